The van der Waals surface area contributed by atoms with Gasteiger partial charge >= 0.3 is 0 Å². The molecule has 0 radical (unpaired) electrons. The molecule has 0 spiro atoms. The van der Waals surface area contributed by atoms with E-state index in [9.17, 15) is 0 Å². The molecular formula is C19H23ClN4. The number of halogens is 1. The first-order valence-corrected chi connectivity index (χ1v) is 8.92. The lowest BCUT2D eigenvalue weighted by atomic mass is 10.1. The molecule has 0 bridgehead atoms. The second kappa shape index (κ2) is 6.63. The van der Waals surface area contributed by atoms with E-state index in [0.29, 0.717) is 0 Å². The summed E-state index contributed by atoms with van der Waals surface area (Å²) in [6, 6.07) is 14.6. The molecule has 4 rings (SSSR count). The van der Waals surface area contributed by atoms with Crippen molar-refractivity contribution in [3.63, 3.8) is 0 Å². The standard InChI is InChI=1S/C19H23ClN4/c1-22-8-10-23(11-9-22)12-13-24-18-5-3-2-4-16(18)21-17-7-6-15(20)14-19(17)24/h2-7,14,21H,8-13H2,1H3. The average molecular weight is 343 g/mol. The minimum absolute atomic E-state index is 0.777. The van der Waals surface area contributed by atoms with Gasteiger partial charge in [0.15, 0.2) is 0 Å². The molecule has 1 saturated heterocycles. The van der Waals surface area contributed by atoms with Gasteiger partial charge in [0.05, 0.1) is 22.7 Å². The SMILES string of the molecule is CN1CCN(CCN2c3ccccc3Nc3ccc(Cl)cc32)CC1. The van der Waals surface area contributed by atoms with Crippen molar-refractivity contribution in [1.82, 2.24) is 9.80 Å². The van der Waals surface area contributed by atoms with Crippen LogP contribution in [0.1, 0.15) is 0 Å². The maximum absolute atomic E-state index is 6.26. The quantitative estimate of drug-likeness (QED) is 0.916. The van der Waals surface area contributed by atoms with Crippen LogP contribution < -0.4 is 10.2 Å². The summed E-state index contributed by atoms with van der Waals surface area (Å²) >= 11 is 6.26. The first-order chi connectivity index (χ1) is 11.7. The number of benzene rings is 2. The van der Waals surface area contributed by atoms with E-state index in [2.05, 4.69) is 63.5 Å². The molecule has 0 atom stereocenters. The van der Waals surface area contributed by atoms with E-state index in [1.165, 1.54) is 5.69 Å². The fourth-order valence-electron chi connectivity index (χ4n) is 3.48. The Hall–Kier alpha value is -1.75. The molecule has 1 fully saturated rings. The summed E-state index contributed by atoms with van der Waals surface area (Å²) in [7, 11) is 2.20. The fraction of sp³-hybridized carbons (Fsp3) is 0.368. The molecule has 5 heteroatoms. The number of hydrogen-bond acceptors (Lipinski definition) is 4. The Morgan fingerprint density at radius 3 is 2.50 bits per heavy atom. The Balaban J connectivity index is 1.58. The second-order valence-corrected chi connectivity index (χ2v) is 7.04. The molecule has 24 heavy (non-hydrogen) atoms. The van der Waals surface area contributed by atoms with Gasteiger partial charge in [-0.05, 0) is 37.4 Å². The van der Waals surface area contributed by atoms with Crippen molar-refractivity contribution in [2.24, 2.45) is 0 Å². The lowest BCUT2D eigenvalue weighted by Gasteiger charge is -2.37. The summed E-state index contributed by atoms with van der Waals surface area (Å²) in [6.45, 7) is 6.63. The highest BCUT2D eigenvalue weighted by Gasteiger charge is 2.23. The Bertz CT molecular complexity index is 725. The molecule has 0 amide bonds. The summed E-state index contributed by atoms with van der Waals surface area (Å²) in [5.41, 5.74) is 4.67. The zero-order valence-electron chi connectivity index (χ0n) is 14.0. The molecule has 126 valence electrons. The van der Waals surface area contributed by atoms with Gasteiger partial charge in [-0.1, -0.05) is 23.7 Å². The van der Waals surface area contributed by atoms with Gasteiger partial charge in [-0.3, -0.25) is 4.90 Å². The van der Waals surface area contributed by atoms with Gasteiger partial charge in [-0.15, -0.1) is 0 Å². The van der Waals surface area contributed by atoms with E-state index in [-0.39, 0.29) is 0 Å². The van der Waals surface area contributed by atoms with E-state index in [4.69, 9.17) is 11.6 Å². The van der Waals surface area contributed by atoms with E-state index in [1.54, 1.807) is 0 Å². The summed E-state index contributed by atoms with van der Waals surface area (Å²) in [6.07, 6.45) is 0. The van der Waals surface area contributed by atoms with Crippen molar-refractivity contribution in [1.29, 1.82) is 0 Å². The highest BCUT2D eigenvalue weighted by atomic mass is 35.5. The largest absolute Gasteiger partial charge is 0.352 e. The van der Waals surface area contributed by atoms with Crippen molar-refractivity contribution in [3.05, 3.63) is 47.5 Å². The summed E-state index contributed by atoms with van der Waals surface area (Å²) in [4.78, 5) is 7.34. The molecule has 2 aliphatic rings. The second-order valence-electron chi connectivity index (χ2n) is 6.60. The number of nitrogens with one attached hydrogen (secondary N) is 1. The predicted octanol–water partition coefficient (Wildman–Crippen LogP) is 3.78. The number of piperazine rings is 1. The van der Waals surface area contributed by atoms with Gasteiger partial charge in [-0.2, -0.15) is 0 Å². The predicted molar refractivity (Wildman–Crippen MR) is 102 cm³/mol. The summed E-state index contributed by atoms with van der Waals surface area (Å²) in [5.74, 6) is 0. The van der Waals surface area contributed by atoms with Gasteiger partial charge in [0.1, 0.15) is 0 Å². The minimum atomic E-state index is 0.777. The molecule has 0 aromatic heterocycles. The molecular weight excluding hydrogens is 320 g/mol. The van der Waals surface area contributed by atoms with Crippen molar-refractivity contribution in [3.8, 4) is 0 Å². The number of para-hydroxylation sites is 2. The highest BCUT2D eigenvalue weighted by Crippen LogP contribution is 2.44. The Morgan fingerprint density at radius 2 is 1.67 bits per heavy atom. The lowest BCUT2D eigenvalue weighted by molar-refractivity contribution is 0.157. The number of hydrogen-bond donors (Lipinski definition) is 1. The topological polar surface area (TPSA) is 21.8 Å². The lowest BCUT2D eigenvalue weighted by Crippen LogP contribution is -2.46. The number of rotatable bonds is 3. The van der Waals surface area contributed by atoms with Crippen LogP contribution in [-0.2, 0) is 0 Å². The van der Waals surface area contributed by atoms with Crippen LogP contribution in [0, 0.1) is 0 Å². The van der Waals surface area contributed by atoms with Crippen molar-refractivity contribution in [2.45, 2.75) is 0 Å². The third-order valence-corrected chi connectivity index (χ3v) is 5.19. The third-order valence-electron chi connectivity index (χ3n) is 4.95. The van der Waals surface area contributed by atoms with Crippen LogP contribution in [0.2, 0.25) is 5.02 Å². The first kappa shape index (κ1) is 15.8. The van der Waals surface area contributed by atoms with Gasteiger partial charge in [0.2, 0.25) is 0 Å². The Kier molecular flexibility index (Phi) is 4.35. The molecule has 0 aliphatic carbocycles. The van der Waals surface area contributed by atoms with Crippen LogP contribution in [-0.4, -0.2) is 56.1 Å². The Labute approximate surface area is 148 Å². The maximum Gasteiger partial charge on any atom is 0.0665 e. The van der Waals surface area contributed by atoms with E-state index >= 15 is 0 Å². The summed E-state index contributed by atoms with van der Waals surface area (Å²) in [5, 5.41) is 4.30. The van der Waals surface area contributed by atoms with Crippen LogP contribution in [0.25, 0.3) is 0 Å². The highest BCUT2D eigenvalue weighted by molar-refractivity contribution is 6.31. The third kappa shape index (κ3) is 3.09. The Morgan fingerprint density at radius 1 is 0.917 bits per heavy atom. The van der Waals surface area contributed by atoms with Crippen LogP contribution in [0.5, 0.6) is 0 Å². The van der Waals surface area contributed by atoms with E-state index in [1.807, 2.05) is 6.07 Å². The van der Waals surface area contributed by atoms with E-state index in [0.717, 1.165) is 61.4 Å². The van der Waals surface area contributed by atoms with Crippen molar-refractivity contribution < 1.29 is 0 Å². The monoisotopic (exact) mass is 342 g/mol. The van der Waals surface area contributed by atoms with Gasteiger partial charge in [0, 0.05) is 44.3 Å². The molecule has 0 unspecified atom stereocenters. The maximum atomic E-state index is 6.26. The molecule has 2 aromatic carbocycles. The minimum Gasteiger partial charge on any atom is -0.352 e. The number of fused-ring (bicyclic) bond motifs is 2. The zero-order chi connectivity index (χ0) is 16.5. The molecule has 2 aromatic rings. The van der Waals surface area contributed by atoms with E-state index < -0.39 is 0 Å². The van der Waals surface area contributed by atoms with Crippen LogP contribution in [0.4, 0.5) is 22.7 Å². The average Bonchev–Trinajstić information content (AvgIpc) is 2.60. The van der Waals surface area contributed by atoms with Crippen molar-refractivity contribution >= 4 is 34.4 Å². The zero-order valence-corrected chi connectivity index (χ0v) is 14.8. The molecule has 2 heterocycles. The van der Waals surface area contributed by atoms with Crippen molar-refractivity contribution in [2.75, 3.05) is 56.5 Å². The first-order valence-electron chi connectivity index (χ1n) is 8.55. The van der Waals surface area contributed by atoms with Gasteiger partial charge < -0.3 is 15.1 Å². The fourth-order valence-corrected chi connectivity index (χ4v) is 3.64. The number of anilines is 4. The molecule has 2 aliphatic heterocycles. The van der Waals surface area contributed by atoms with Gasteiger partial charge in [0.25, 0.3) is 0 Å². The number of likely N-dealkylation sites (N-methyl/N-ethyl adjacent to an activating group) is 1. The van der Waals surface area contributed by atoms with Gasteiger partial charge in [-0.25, -0.2) is 0 Å². The number of nitrogens with zero attached hydrogens (tertiary/aromatic N) is 3. The van der Waals surface area contributed by atoms with Crippen LogP contribution in [0.3, 0.4) is 0 Å². The smallest absolute Gasteiger partial charge is 0.0665 e. The van der Waals surface area contributed by atoms with Crippen LogP contribution >= 0.6 is 11.6 Å². The van der Waals surface area contributed by atoms with Crippen LogP contribution in [0.15, 0.2) is 42.5 Å². The normalized spacial score (nSPS) is 18.0. The molecule has 0 saturated carbocycles. The molecule has 4 nitrogen and oxygen atoms in total. The summed E-state index contributed by atoms with van der Waals surface area (Å²) < 4.78 is 0. The molecule has 1 N–H and O–H groups in total.